The van der Waals surface area contributed by atoms with E-state index in [4.69, 9.17) is 17.3 Å². The molecule has 0 atom stereocenters. The quantitative estimate of drug-likeness (QED) is 0.741. The van der Waals surface area contributed by atoms with E-state index in [2.05, 4.69) is 9.97 Å². The molecule has 108 valence electrons. The third-order valence-corrected chi connectivity index (χ3v) is 3.43. The zero-order valence-corrected chi connectivity index (χ0v) is 12.2. The van der Waals surface area contributed by atoms with Crippen molar-refractivity contribution in [3.8, 4) is 22.6 Å². The first-order chi connectivity index (χ1) is 10.6. The van der Waals surface area contributed by atoms with Gasteiger partial charge in [0.15, 0.2) is 0 Å². The van der Waals surface area contributed by atoms with Gasteiger partial charge in [0.25, 0.3) is 5.56 Å². The predicted molar refractivity (Wildman–Crippen MR) is 86.3 cm³/mol. The zero-order valence-electron chi connectivity index (χ0n) is 12.2. The van der Waals surface area contributed by atoms with Crippen molar-refractivity contribution in [3.63, 3.8) is 0 Å². The summed E-state index contributed by atoms with van der Waals surface area (Å²) in [5, 5.41) is 0. The second-order valence-electron chi connectivity index (χ2n) is 4.77. The Morgan fingerprint density at radius 1 is 1.09 bits per heavy atom. The van der Waals surface area contributed by atoms with Crippen LogP contribution in [0.2, 0.25) is 0 Å². The summed E-state index contributed by atoms with van der Waals surface area (Å²) in [6, 6.07) is 9.14. The molecule has 0 bridgehead atoms. The van der Waals surface area contributed by atoms with Crippen LogP contribution in [0.5, 0.6) is 11.5 Å². The average Bonchev–Trinajstić information content (AvgIpc) is 2.55. The summed E-state index contributed by atoms with van der Waals surface area (Å²) >= 11 is 0. The summed E-state index contributed by atoms with van der Waals surface area (Å²) in [5.41, 5.74) is 3.01. The number of methoxy groups -OCH3 is 2. The van der Waals surface area contributed by atoms with Gasteiger partial charge in [-0.15, -0.1) is 0 Å². The van der Waals surface area contributed by atoms with Gasteiger partial charge in [-0.1, -0.05) is 17.6 Å². The maximum absolute atomic E-state index is 11.5. The molecule has 3 aromatic rings. The third-order valence-electron chi connectivity index (χ3n) is 3.43. The minimum absolute atomic E-state index is 0.292. The van der Waals surface area contributed by atoms with Crippen molar-refractivity contribution in [1.82, 2.24) is 9.97 Å². The maximum atomic E-state index is 11.5. The van der Waals surface area contributed by atoms with E-state index in [1.165, 1.54) is 6.20 Å². The number of aromatic amines is 1. The monoisotopic (exact) mass is 292 g/mol. The summed E-state index contributed by atoms with van der Waals surface area (Å²) < 4.78 is 10.6. The van der Waals surface area contributed by atoms with Crippen molar-refractivity contribution >= 4 is 24.3 Å². The van der Waals surface area contributed by atoms with E-state index in [9.17, 15) is 4.79 Å². The SMILES string of the molecule is [B]c1ccc(-c2cc(OC)cc(OC)c2)c2ncc(=O)[nH]c12. The van der Waals surface area contributed by atoms with Crippen LogP contribution in [-0.2, 0) is 0 Å². The van der Waals surface area contributed by atoms with Gasteiger partial charge in [-0.2, -0.15) is 0 Å². The molecular weight excluding hydrogens is 279 g/mol. The standard InChI is InChI=1S/C16H13BN2O3/c1-21-10-5-9(6-11(7-10)22-2)12-3-4-13(17)16-15(12)18-8-14(20)19-16/h3-8H,1-2H3,(H,19,20). The number of fused-ring (bicyclic) bond motifs is 1. The molecule has 0 aliphatic rings. The van der Waals surface area contributed by atoms with Gasteiger partial charge in [0.2, 0.25) is 0 Å². The lowest BCUT2D eigenvalue weighted by Gasteiger charge is -2.11. The Hall–Kier alpha value is -2.76. The number of aromatic nitrogens is 2. The second kappa shape index (κ2) is 5.56. The average molecular weight is 292 g/mol. The van der Waals surface area contributed by atoms with Crippen LogP contribution < -0.4 is 20.5 Å². The number of benzene rings is 2. The lowest BCUT2D eigenvalue weighted by Crippen LogP contribution is -2.14. The number of rotatable bonds is 3. The van der Waals surface area contributed by atoms with E-state index in [1.54, 1.807) is 26.4 Å². The normalized spacial score (nSPS) is 10.6. The van der Waals surface area contributed by atoms with Crippen LogP contribution in [0, 0.1) is 0 Å². The fourth-order valence-corrected chi connectivity index (χ4v) is 2.35. The number of hydrogen-bond acceptors (Lipinski definition) is 4. The fraction of sp³-hybridized carbons (Fsp3) is 0.125. The minimum atomic E-state index is -0.292. The van der Waals surface area contributed by atoms with Gasteiger partial charge in [-0.3, -0.25) is 4.79 Å². The molecule has 1 aromatic heterocycles. The van der Waals surface area contributed by atoms with E-state index < -0.39 is 0 Å². The van der Waals surface area contributed by atoms with Crippen molar-refractivity contribution in [1.29, 1.82) is 0 Å². The molecule has 2 aromatic carbocycles. The summed E-state index contributed by atoms with van der Waals surface area (Å²) in [7, 11) is 9.11. The molecule has 1 heterocycles. The lowest BCUT2D eigenvalue weighted by atomic mass is 9.91. The molecule has 0 aliphatic heterocycles. The number of ether oxygens (including phenoxy) is 2. The first kappa shape index (κ1) is 14.2. The Bertz CT molecular complexity index is 883. The first-order valence-electron chi connectivity index (χ1n) is 6.63. The van der Waals surface area contributed by atoms with Crippen LogP contribution >= 0.6 is 0 Å². The molecule has 3 rings (SSSR count). The topological polar surface area (TPSA) is 64.2 Å². The van der Waals surface area contributed by atoms with Gasteiger partial charge in [-0.25, -0.2) is 4.98 Å². The Labute approximate surface area is 128 Å². The number of nitrogens with one attached hydrogen (secondary N) is 1. The van der Waals surface area contributed by atoms with Crippen LogP contribution in [-0.4, -0.2) is 32.0 Å². The second-order valence-corrected chi connectivity index (χ2v) is 4.77. The molecule has 5 nitrogen and oxygen atoms in total. The molecule has 1 N–H and O–H groups in total. The highest BCUT2D eigenvalue weighted by Gasteiger charge is 2.10. The summed E-state index contributed by atoms with van der Waals surface area (Å²) in [6.07, 6.45) is 1.24. The van der Waals surface area contributed by atoms with Crippen molar-refractivity contribution < 1.29 is 9.47 Å². The van der Waals surface area contributed by atoms with Gasteiger partial charge in [0, 0.05) is 11.6 Å². The number of H-pyrrole nitrogens is 1. The zero-order chi connectivity index (χ0) is 15.7. The van der Waals surface area contributed by atoms with Crippen LogP contribution in [0.25, 0.3) is 22.2 Å². The van der Waals surface area contributed by atoms with Crippen LogP contribution in [0.4, 0.5) is 0 Å². The molecule has 0 aliphatic carbocycles. The molecule has 0 amide bonds. The van der Waals surface area contributed by atoms with E-state index in [-0.39, 0.29) is 5.56 Å². The van der Waals surface area contributed by atoms with Gasteiger partial charge in [-0.05, 0) is 17.7 Å². The van der Waals surface area contributed by atoms with E-state index in [0.717, 1.165) is 11.1 Å². The lowest BCUT2D eigenvalue weighted by molar-refractivity contribution is 0.394. The highest BCUT2D eigenvalue weighted by Crippen LogP contribution is 2.32. The Morgan fingerprint density at radius 2 is 1.77 bits per heavy atom. The fourth-order valence-electron chi connectivity index (χ4n) is 2.35. The van der Waals surface area contributed by atoms with Crippen molar-refractivity contribution in [2.45, 2.75) is 0 Å². The number of hydrogen-bond donors (Lipinski definition) is 1. The van der Waals surface area contributed by atoms with Gasteiger partial charge in [0.1, 0.15) is 19.3 Å². The molecule has 22 heavy (non-hydrogen) atoms. The third kappa shape index (κ3) is 2.43. The van der Waals surface area contributed by atoms with Gasteiger partial charge < -0.3 is 14.5 Å². The summed E-state index contributed by atoms with van der Waals surface area (Å²) in [5.74, 6) is 1.34. The predicted octanol–water partition coefficient (Wildman–Crippen LogP) is 1.40. The minimum Gasteiger partial charge on any atom is -0.497 e. The Morgan fingerprint density at radius 3 is 2.41 bits per heavy atom. The van der Waals surface area contributed by atoms with Gasteiger partial charge >= 0.3 is 0 Å². The Kier molecular flexibility index (Phi) is 3.59. The maximum Gasteiger partial charge on any atom is 0.266 e. The highest BCUT2D eigenvalue weighted by atomic mass is 16.5. The molecule has 6 heteroatoms. The van der Waals surface area contributed by atoms with Crippen molar-refractivity contribution in [2.75, 3.05) is 14.2 Å². The Balaban J connectivity index is 2.31. The van der Waals surface area contributed by atoms with Crippen molar-refractivity contribution in [2.24, 2.45) is 0 Å². The van der Waals surface area contributed by atoms with Crippen LogP contribution in [0.15, 0.2) is 41.3 Å². The highest BCUT2D eigenvalue weighted by molar-refractivity contribution is 6.38. The first-order valence-corrected chi connectivity index (χ1v) is 6.63. The summed E-state index contributed by atoms with van der Waals surface area (Å²) in [6.45, 7) is 0. The molecule has 0 saturated heterocycles. The van der Waals surface area contributed by atoms with Gasteiger partial charge in [0.05, 0.1) is 31.4 Å². The van der Waals surface area contributed by atoms with E-state index in [1.807, 2.05) is 18.2 Å². The molecule has 0 spiro atoms. The molecule has 2 radical (unpaired) electrons. The largest absolute Gasteiger partial charge is 0.497 e. The smallest absolute Gasteiger partial charge is 0.266 e. The van der Waals surface area contributed by atoms with E-state index >= 15 is 0 Å². The molecule has 0 fully saturated rings. The summed E-state index contributed by atoms with van der Waals surface area (Å²) in [4.78, 5) is 18.4. The molecular formula is C16H13BN2O3. The molecule has 0 unspecified atom stereocenters. The van der Waals surface area contributed by atoms with Crippen molar-refractivity contribution in [3.05, 3.63) is 46.9 Å². The van der Waals surface area contributed by atoms with E-state index in [0.29, 0.717) is 28.0 Å². The van der Waals surface area contributed by atoms with Crippen LogP contribution in [0.3, 0.4) is 0 Å². The van der Waals surface area contributed by atoms with Crippen LogP contribution in [0.1, 0.15) is 0 Å². The number of nitrogens with zero attached hydrogens (tertiary/aromatic N) is 1. The molecule has 0 saturated carbocycles.